The van der Waals surface area contributed by atoms with Crippen LogP contribution in [0, 0.1) is 6.20 Å². The van der Waals surface area contributed by atoms with Crippen LogP contribution in [0.4, 0.5) is 5.69 Å². The summed E-state index contributed by atoms with van der Waals surface area (Å²) in [5.74, 6) is 0.0955. The second kappa shape index (κ2) is 2.43. The molecule has 1 aliphatic rings. The molecule has 0 amide bonds. The number of nitrogens with one attached hydrogen (secondary N) is 1. The second-order valence-corrected chi connectivity index (χ2v) is 2.77. The third-order valence-electron chi connectivity index (χ3n) is 1.89. The topological polar surface area (TPSA) is 29.1 Å². The molecule has 2 heteroatoms. The van der Waals surface area contributed by atoms with Gasteiger partial charge in [0.15, 0.2) is 17.0 Å². The largest absolute Gasteiger partial charge is 0.294 e. The lowest BCUT2D eigenvalue weighted by Gasteiger charge is -1.92. The van der Waals surface area contributed by atoms with Crippen LogP contribution in [0.1, 0.15) is 22.8 Å². The Labute approximate surface area is 70.9 Å². The molecule has 0 atom stereocenters. The summed E-state index contributed by atoms with van der Waals surface area (Å²) in [4.78, 5) is 11.0. The number of carbonyl (C=O) groups is 1. The van der Waals surface area contributed by atoms with E-state index in [-0.39, 0.29) is 5.78 Å². The predicted molar refractivity (Wildman–Crippen MR) is 47.8 cm³/mol. The Kier molecular flexibility index (Phi) is 1.42. The Morgan fingerprint density at radius 2 is 2.33 bits per heavy atom. The molecule has 0 aliphatic carbocycles. The summed E-state index contributed by atoms with van der Waals surface area (Å²) in [7, 11) is 0. The van der Waals surface area contributed by atoms with Crippen LogP contribution in [-0.4, -0.2) is 5.78 Å². The summed E-state index contributed by atoms with van der Waals surface area (Å²) in [5, 5.41) is 2.95. The number of hydrogen-bond acceptors (Lipinski definition) is 2. The Bertz CT molecular complexity index is 366. The maximum absolute atomic E-state index is 11.0. The van der Waals surface area contributed by atoms with Crippen molar-refractivity contribution in [2.45, 2.75) is 6.92 Å². The fourth-order valence-corrected chi connectivity index (χ4v) is 1.21. The molecular weight excluding hydrogens is 150 g/mol. The summed E-state index contributed by atoms with van der Waals surface area (Å²) < 4.78 is 0. The summed E-state index contributed by atoms with van der Waals surface area (Å²) in [6.45, 7) is 1.57. The highest BCUT2D eigenvalue weighted by molar-refractivity contribution is 5.95. The zero-order valence-electron chi connectivity index (χ0n) is 6.72. The van der Waals surface area contributed by atoms with E-state index in [1.807, 2.05) is 24.3 Å². The van der Waals surface area contributed by atoms with E-state index < -0.39 is 0 Å². The number of Topliss-reactive ketones (excluding diaryl/α,β-unsaturated/α-hetero) is 1. The van der Waals surface area contributed by atoms with E-state index in [0.29, 0.717) is 0 Å². The van der Waals surface area contributed by atoms with Gasteiger partial charge in [0, 0.05) is 17.7 Å². The molecule has 1 aromatic carbocycles. The highest BCUT2D eigenvalue weighted by atomic mass is 16.1. The van der Waals surface area contributed by atoms with Gasteiger partial charge in [0.25, 0.3) is 0 Å². The zero-order chi connectivity index (χ0) is 8.55. The SMILES string of the molecule is CC(=O)c1ccc2c(c1)C=[C+]N2. The monoisotopic (exact) mass is 158 g/mol. The molecule has 2 nitrogen and oxygen atoms in total. The van der Waals surface area contributed by atoms with E-state index in [1.54, 1.807) is 6.92 Å². The van der Waals surface area contributed by atoms with Crippen LogP contribution < -0.4 is 5.32 Å². The lowest BCUT2D eigenvalue weighted by molar-refractivity contribution is 0.101. The van der Waals surface area contributed by atoms with Crippen molar-refractivity contribution >= 4 is 17.5 Å². The first-order valence-corrected chi connectivity index (χ1v) is 3.77. The molecule has 0 unspecified atom stereocenters. The van der Waals surface area contributed by atoms with Gasteiger partial charge in [-0.05, 0) is 13.0 Å². The average Bonchev–Trinajstić information content (AvgIpc) is 2.49. The summed E-state index contributed by atoms with van der Waals surface area (Å²) in [5.41, 5.74) is 2.79. The normalized spacial score (nSPS) is 11.8. The maximum atomic E-state index is 11.0. The van der Waals surface area contributed by atoms with Crippen molar-refractivity contribution in [1.29, 1.82) is 0 Å². The molecule has 0 fully saturated rings. The minimum atomic E-state index is 0.0955. The zero-order valence-corrected chi connectivity index (χ0v) is 6.72. The second-order valence-electron chi connectivity index (χ2n) is 2.77. The Morgan fingerprint density at radius 3 is 3.08 bits per heavy atom. The lowest BCUT2D eigenvalue weighted by Crippen LogP contribution is -1.92. The van der Waals surface area contributed by atoms with Crippen LogP contribution in [0.25, 0.3) is 6.08 Å². The molecular formula is C10H8NO+. The lowest BCUT2D eigenvalue weighted by atomic mass is 10.1. The van der Waals surface area contributed by atoms with Gasteiger partial charge in [0.2, 0.25) is 0 Å². The van der Waals surface area contributed by atoms with Crippen molar-refractivity contribution in [2.24, 2.45) is 0 Å². The van der Waals surface area contributed by atoms with Crippen LogP contribution in [0.5, 0.6) is 0 Å². The van der Waals surface area contributed by atoms with E-state index >= 15 is 0 Å². The highest BCUT2D eigenvalue weighted by Crippen LogP contribution is 2.23. The Morgan fingerprint density at radius 1 is 1.50 bits per heavy atom. The minimum absolute atomic E-state index is 0.0955. The summed E-state index contributed by atoms with van der Waals surface area (Å²) >= 11 is 0. The number of carbonyl (C=O) groups excluding carboxylic acids is 1. The molecule has 0 saturated heterocycles. The number of hydrogen-bond donors (Lipinski definition) is 1. The van der Waals surface area contributed by atoms with Gasteiger partial charge in [-0.2, -0.15) is 5.32 Å². The van der Waals surface area contributed by atoms with Gasteiger partial charge in [0.05, 0.1) is 0 Å². The third kappa shape index (κ3) is 0.987. The smallest absolute Gasteiger partial charge is 0.198 e. The van der Waals surface area contributed by atoms with Crippen LogP contribution in [-0.2, 0) is 0 Å². The molecule has 1 heterocycles. The fourth-order valence-electron chi connectivity index (χ4n) is 1.21. The van der Waals surface area contributed by atoms with Crippen molar-refractivity contribution in [2.75, 3.05) is 5.32 Å². The highest BCUT2D eigenvalue weighted by Gasteiger charge is 2.16. The number of rotatable bonds is 1. The van der Waals surface area contributed by atoms with Crippen molar-refractivity contribution in [3.05, 3.63) is 35.5 Å². The van der Waals surface area contributed by atoms with Crippen molar-refractivity contribution in [3.63, 3.8) is 0 Å². The first-order chi connectivity index (χ1) is 5.77. The molecule has 0 radical (unpaired) electrons. The van der Waals surface area contributed by atoms with E-state index in [0.717, 1.165) is 16.8 Å². The van der Waals surface area contributed by atoms with E-state index in [2.05, 4.69) is 11.5 Å². The van der Waals surface area contributed by atoms with Gasteiger partial charge >= 0.3 is 0 Å². The fraction of sp³-hybridized carbons (Fsp3) is 0.100. The molecule has 2 rings (SSSR count). The summed E-state index contributed by atoms with van der Waals surface area (Å²) in [6.07, 6.45) is 4.70. The standard InChI is InChI=1S/C10H7NO/c1-7(12)8-2-3-10-9(6-8)4-5-11-10/h2-4,6H,1H3/p+1. The van der Waals surface area contributed by atoms with Crippen LogP contribution in [0.3, 0.4) is 0 Å². The van der Waals surface area contributed by atoms with E-state index in [9.17, 15) is 4.79 Å². The molecule has 1 aromatic rings. The van der Waals surface area contributed by atoms with Crippen LogP contribution in [0.15, 0.2) is 18.2 Å². The molecule has 1 aliphatic heterocycles. The van der Waals surface area contributed by atoms with Gasteiger partial charge in [-0.1, -0.05) is 0 Å². The van der Waals surface area contributed by atoms with Gasteiger partial charge < -0.3 is 0 Å². The van der Waals surface area contributed by atoms with Gasteiger partial charge in [-0.3, -0.25) is 4.79 Å². The molecule has 0 aromatic heterocycles. The van der Waals surface area contributed by atoms with Crippen molar-refractivity contribution < 1.29 is 4.79 Å². The summed E-state index contributed by atoms with van der Waals surface area (Å²) in [6, 6.07) is 5.57. The first-order valence-electron chi connectivity index (χ1n) is 3.77. The van der Waals surface area contributed by atoms with Crippen molar-refractivity contribution in [3.8, 4) is 0 Å². The number of fused-ring (bicyclic) bond motifs is 1. The predicted octanol–water partition coefficient (Wildman–Crippen LogP) is 2.09. The molecule has 0 saturated carbocycles. The first kappa shape index (κ1) is 7.01. The number of benzene rings is 1. The van der Waals surface area contributed by atoms with Crippen molar-refractivity contribution in [1.82, 2.24) is 0 Å². The molecule has 12 heavy (non-hydrogen) atoms. The quantitative estimate of drug-likeness (QED) is 0.501. The number of anilines is 1. The molecule has 58 valence electrons. The third-order valence-corrected chi connectivity index (χ3v) is 1.89. The molecule has 1 N–H and O–H groups in total. The van der Waals surface area contributed by atoms with E-state index in [4.69, 9.17) is 0 Å². The van der Waals surface area contributed by atoms with Crippen LogP contribution in [0.2, 0.25) is 0 Å². The van der Waals surface area contributed by atoms with Gasteiger partial charge in [-0.15, -0.1) is 0 Å². The molecule has 0 bridgehead atoms. The minimum Gasteiger partial charge on any atom is -0.294 e. The van der Waals surface area contributed by atoms with Crippen LogP contribution >= 0.6 is 0 Å². The average molecular weight is 158 g/mol. The molecule has 0 spiro atoms. The van der Waals surface area contributed by atoms with Gasteiger partial charge in [0.1, 0.15) is 12.3 Å². The number of ketones is 1. The van der Waals surface area contributed by atoms with E-state index in [1.165, 1.54) is 0 Å². The van der Waals surface area contributed by atoms with Gasteiger partial charge in [-0.25, -0.2) is 0 Å². The maximum Gasteiger partial charge on any atom is 0.198 e. The Balaban J connectivity index is 2.51. The Hall–Kier alpha value is -1.66.